The van der Waals surface area contributed by atoms with Crippen LogP contribution in [-0.4, -0.2) is 24.1 Å². The minimum absolute atomic E-state index is 0.0579. The van der Waals surface area contributed by atoms with Crippen LogP contribution < -0.4 is 10.6 Å². The Kier molecular flexibility index (Phi) is 6.84. The van der Waals surface area contributed by atoms with Crippen molar-refractivity contribution in [3.05, 3.63) is 29.6 Å². The summed E-state index contributed by atoms with van der Waals surface area (Å²) in [4.78, 5) is 2.18. The molecule has 0 radical (unpaired) electrons. The number of hydrogen-bond donors (Lipinski definition) is 2. The van der Waals surface area contributed by atoms with Crippen molar-refractivity contribution in [2.45, 2.75) is 39.5 Å². The van der Waals surface area contributed by atoms with E-state index >= 15 is 0 Å². The van der Waals surface area contributed by atoms with Crippen molar-refractivity contribution >= 4 is 11.5 Å². The predicted molar refractivity (Wildman–Crippen MR) is 80.9 cm³/mol. The maximum Gasteiger partial charge on any atom is 0.172 e. The normalized spacial score (nSPS) is 11.7. The third-order valence-corrected chi connectivity index (χ3v) is 3.25. The second-order valence-corrected chi connectivity index (χ2v) is 4.84. The van der Waals surface area contributed by atoms with Gasteiger partial charge in [-0.3, -0.25) is 0 Å². The molecule has 1 aromatic rings. The zero-order valence-corrected chi connectivity index (χ0v) is 12.3. The van der Waals surface area contributed by atoms with E-state index in [-0.39, 0.29) is 11.7 Å². The first kappa shape index (κ1) is 16.3. The first-order valence-corrected chi connectivity index (χ1v) is 7.16. The summed E-state index contributed by atoms with van der Waals surface area (Å²) in [5, 5.41) is 11.9. The topological polar surface area (TPSA) is 61.8 Å². The maximum absolute atomic E-state index is 13.4. The monoisotopic (exact) mass is 281 g/mol. The second-order valence-electron chi connectivity index (χ2n) is 4.84. The lowest BCUT2D eigenvalue weighted by molar-refractivity contribution is 0.318. The summed E-state index contributed by atoms with van der Waals surface area (Å²) in [5.74, 6) is -0.446. The molecule has 0 saturated heterocycles. The fourth-order valence-electron chi connectivity index (χ4n) is 2.09. The zero-order valence-electron chi connectivity index (χ0n) is 12.3. The van der Waals surface area contributed by atoms with Gasteiger partial charge in [-0.1, -0.05) is 31.8 Å². The fraction of sp³-hybridized carbons (Fsp3) is 0.533. The summed E-state index contributed by atoms with van der Waals surface area (Å²) < 4.78 is 13.4. The van der Waals surface area contributed by atoms with Crippen LogP contribution in [0.15, 0.2) is 23.4 Å². The number of anilines is 1. The minimum atomic E-state index is -0.388. The van der Waals surface area contributed by atoms with E-state index in [4.69, 9.17) is 10.9 Å². The summed E-state index contributed by atoms with van der Waals surface area (Å²) in [6.07, 6.45) is 4.28. The lowest BCUT2D eigenvalue weighted by atomic mass is 10.1. The molecule has 112 valence electrons. The number of benzene rings is 1. The molecule has 0 amide bonds. The number of rotatable bonds is 8. The molecule has 0 atom stereocenters. The molecule has 0 aliphatic rings. The predicted octanol–water partition coefficient (Wildman–Crippen LogP) is 3.33. The van der Waals surface area contributed by atoms with Gasteiger partial charge in [0.05, 0.1) is 0 Å². The van der Waals surface area contributed by atoms with E-state index in [1.807, 2.05) is 0 Å². The molecule has 20 heavy (non-hydrogen) atoms. The van der Waals surface area contributed by atoms with Gasteiger partial charge in [0.25, 0.3) is 0 Å². The van der Waals surface area contributed by atoms with Gasteiger partial charge in [0.2, 0.25) is 0 Å². The van der Waals surface area contributed by atoms with Crippen molar-refractivity contribution in [2.24, 2.45) is 10.9 Å². The smallest absolute Gasteiger partial charge is 0.172 e. The van der Waals surface area contributed by atoms with Gasteiger partial charge in [-0.25, -0.2) is 4.39 Å². The Hall–Kier alpha value is -1.78. The molecular weight excluding hydrogens is 257 g/mol. The molecule has 4 nitrogen and oxygen atoms in total. The van der Waals surface area contributed by atoms with E-state index in [0.717, 1.165) is 44.5 Å². The second kappa shape index (κ2) is 8.40. The number of amidine groups is 1. The molecule has 0 fully saturated rings. The summed E-state index contributed by atoms with van der Waals surface area (Å²) in [5.41, 5.74) is 6.93. The highest BCUT2D eigenvalue weighted by Gasteiger charge is 2.14. The van der Waals surface area contributed by atoms with E-state index < -0.39 is 0 Å². The first-order valence-electron chi connectivity index (χ1n) is 7.16. The molecule has 0 saturated carbocycles. The SMILES string of the molecule is CCCCN(CCCC)c1ccc(F)cc1C(N)=NO. The van der Waals surface area contributed by atoms with Gasteiger partial charge in [0.1, 0.15) is 5.82 Å². The molecule has 5 heteroatoms. The molecule has 0 aliphatic carbocycles. The summed E-state index contributed by atoms with van der Waals surface area (Å²) >= 11 is 0. The molecular formula is C15H24FN3O. The van der Waals surface area contributed by atoms with Crippen LogP contribution in [0.1, 0.15) is 45.1 Å². The van der Waals surface area contributed by atoms with Crippen LogP contribution in [0.4, 0.5) is 10.1 Å². The van der Waals surface area contributed by atoms with Gasteiger partial charge < -0.3 is 15.8 Å². The van der Waals surface area contributed by atoms with E-state index in [2.05, 4.69) is 23.9 Å². The maximum atomic E-state index is 13.4. The van der Waals surface area contributed by atoms with Crippen molar-refractivity contribution in [3.8, 4) is 0 Å². The number of unbranched alkanes of at least 4 members (excludes halogenated alkanes) is 2. The Morgan fingerprint density at radius 1 is 1.25 bits per heavy atom. The quantitative estimate of drug-likeness (QED) is 0.332. The van der Waals surface area contributed by atoms with E-state index in [1.54, 1.807) is 6.07 Å². The lowest BCUT2D eigenvalue weighted by Gasteiger charge is -2.26. The number of nitrogens with two attached hydrogens (primary N) is 1. The van der Waals surface area contributed by atoms with Gasteiger partial charge in [-0.15, -0.1) is 0 Å². The number of oxime groups is 1. The zero-order chi connectivity index (χ0) is 15.0. The van der Waals surface area contributed by atoms with Crippen LogP contribution in [-0.2, 0) is 0 Å². The minimum Gasteiger partial charge on any atom is -0.409 e. The average Bonchev–Trinajstić information content (AvgIpc) is 2.47. The number of halogens is 1. The van der Waals surface area contributed by atoms with E-state index in [1.165, 1.54) is 12.1 Å². The highest BCUT2D eigenvalue weighted by atomic mass is 19.1. The third kappa shape index (κ3) is 4.40. The van der Waals surface area contributed by atoms with Gasteiger partial charge in [-0.2, -0.15) is 0 Å². The van der Waals surface area contributed by atoms with Crippen LogP contribution in [0, 0.1) is 5.82 Å². The Morgan fingerprint density at radius 3 is 2.35 bits per heavy atom. The van der Waals surface area contributed by atoms with Gasteiger partial charge in [0.15, 0.2) is 5.84 Å². The molecule has 0 heterocycles. The third-order valence-electron chi connectivity index (χ3n) is 3.25. The molecule has 1 rings (SSSR count). The molecule has 0 aromatic heterocycles. The van der Waals surface area contributed by atoms with Gasteiger partial charge in [-0.05, 0) is 31.0 Å². The lowest BCUT2D eigenvalue weighted by Crippen LogP contribution is -2.29. The molecule has 1 aromatic carbocycles. The Bertz CT molecular complexity index is 441. The first-order chi connectivity index (χ1) is 9.63. The highest BCUT2D eigenvalue weighted by molar-refractivity contribution is 6.02. The highest BCUT2D eigenvalue weighted by Crippen LogP contribution is 2.23. The fourth-order valence-corrected chi connectivity index (χ4v) is 2.09. The van der Waals surface area contributed by atoms with Crippen LogP contribution in [0.5, 0.6) is 0 Å². The standard InChI is InChI=1S/C15H24FN3O/c1-3-5-9-19(10-6-4-2)14-8-7-12(16)11-13(14)15(17)18-20/h7-8,11,20H,3-6,9-10H2,1-2H3,(H2,17,18). The molecule has 3 N–H and O–H groups in total. The Morgan fingerprint density at radius 2 is 1.85 bits per heavy atom. The Labute approximate surface area is 120 Å². The summed E-state index contributed by atoms with van der Waals surface area (Å²) in [7, 11) is 0. The summed E-state index contributed by atoms with van der Waals surface area (Å²) in [6, 6.07) is 4.43. The Balaban J connectivity index is 3.10. The number of nitrogens with zero attached hydrogens (tertiary/aromatic N) is 2. The van der Waals surface area contributed by atoms with Crippen molar-refractivity contribution in [3.63, 3.8) is 0 Å². The van der Waals surface area contributed by atoms with Crippen LogP contribution >= 0.6 is 0 Å². The average molecular weight is 281 g/mol. The van der Waals surface area contributed by atoms with Crippen LogP contribution in [0.25, 0.3) is 0 Å². The van der Waals surface area contributed by atoms with Crippen LogP contribution in [0.3, 0.4) is 0 Å². The van der Waals surface area contributed by atoms with Crippen LogP contribution in [0.2, 0.25) is 0 Å². The van der Waals surface area contributed by atoms with Gasteiger partial charge in [0, 0.05) is 24.3 Å². The van der Waals surface area contributed by atoms with E-state index in [9.17, 15) is 4.39 Å². The molecule has 0 spiro atoms. The molecule has 0 aliphatic heterocycles. The van der Waals surface area contributed by atoms with E-state index in [0.29, 0.717) is 5.56 Å². The van der Waals surface area contributed by atoms with Crippen molar-refractivity contribution in [2.75, 3.05) is 18.0 Å². The molecule has 0 bridgehead atoms. The number of hydrogen-bond acceptors (Lipinski definition) is 3. The van der Waals surface area contributed by atoms with Crippen molar-refractivity contribution in [1.29, 1.82) is 0 Å². The largest absolute Gasteiger partial charge is 0.409 e. The van der Waals surface area contributed by atoms with Crippen molar-refractivity contribution < 1.29 is 9.60 Å². The van der Waals surface area contributed by atoms with Crippen molar-refractivity contribution in [1.82, 2.24) is 0 Å². The molecule has 0 unspecified atom stereocenters. The summed E-state index contributed by atoms with van der Waals surface area (Å²) in [6.45, 7) is 6.03. The van der Waals surface area contributed by atoms with Gasteiger partial charge >= 0.3 is 0 Å².